The van der Waals surface area contributed by atoms with Crippen LogP contribution in [0.2, 0.25) is 0 Å². The lowest BCUT2D eigenvalue weighted by atomic mass is 9.97. The molecule has 0 heterocycles. The van der Waals surface area contributed by atoms with Crippen LogP contribution in [0.5, 0.6) is 0 Å². The van der Waals surface area contributed by atoms with Gasteiger partial charge in [0.2, 0.25) is 0 Å². The molecular formula is C19H18N. The molecule has 3 aromatic carbocycles. The van der Waals surface area contributed by atoms with E-state index in [9.17, 15) is 0 Å². The topological polar surface area (TPSA) is 26.0 Å². The number of fused-ring (bicyclic) bond motifs is 1. The molecule has 0 saturated carbocycles. The molecule has 99 valence electrons. The lowest BCUT2D eigenvalue weighted by Crippen LogP contribution is -2.11. The van der Waals surface area contributed by atoms with Gasteiger partial charge in [0.25, 0.3) is 0 Å². The standard InChI is InChI=1S/C19H18N/c20-19(13-10-15-6-2-1-3-7-15)18-12-11-16-8-4-5-9-17(16)14-18/h1-9,11,14,19H,10,13,20H2. The van der Waals surface area contributed by atoms with Gasteiger partial charge in [-0.15, -0.1) is 0 Å². The number of benzene rings is 3. The van der Waals surface area contributed by atoms with E-state index < -0.39 is 0 Å². The summed E-state index contributed by atoms with van der Waals surface area (Å²) in [6, 6.07) is 26.4. The second kappa shape index (κ2) is 5.89. The zero-order chi connectivity index (χ0) is 13.8. The van der Waals surface area contributed by atoms with Gasteiger partial charge in [-0.2, -0.15) is 0 Å². The summed E-state index contributed by atoms with van der Waals surface area (Å²) in [4.78, 5) is 0. The molecule has 0 fully saturated rings. The van der Waals surface area contributed by atoms with Crippen molar-refractivity contribution in [2.75, 3.05) is 0 Å². The number of nitrogens with two attached hydrogens (primary N) is 1. The average Bonchev–Trinajstić information content (AvgIpc) is 2.53. The summed E-state index contributed by atoms with van der Waals surface area (Å²) in [5, 5.41) is 2.45. The Morgan fingerprint density at radius 1 is 0.900 bits per heavy atom. The summed E-state index contributed by atoms with van der Waals surface area (Å²) < 4.78 is 0. The third kappa shape index (κ3) is 2.89. The van der Waals surface area contributed by atoms with Gasteiger partial charge in [-0.05, 0) is 52.9 Å². The molecule has 0 aliphatic heterocycles. The first-order valence-corrected chi connectivity index (χ1v) is 7.03. The van der Waals surface area contributed by atoms with Crippen LogP contribution in [0.3, 0.4) is 0 Å². The van der Waals surface area contributed by atoms with E-state index in [0.717, 1.165) is 18.4 Å². The first kappa shape index (κ1) is 12.9. The van der Waals surface area contributed by atoms with Crippen LogP contribution in [0.4, 0.5) is 0 Å². The molecule has 3 rings (SSSR count). The van der Waals surface area contributed by atoms with Crippen LogP contribution in [0, 0.1) is 6.07 Å². The maximum absolute atomic E-state index is 6.30. The molecule has 2 N–H and O–H groups in total. The number of aryl methyl sites for hydroxylation is 1. The Morgan fingerprint density at radius 2 is 1.60 bits per heavy atom. The van der Waals surface area contributed by atoms with E-state index in [1.165, 1.54) is 16.3 Å². The summed E-state index contributed by atoms with van der Waals surface area (Å²) in [7, 11) is 0. The molecule has 1 nitrogen and oxygen atoms in total. The quantitative estimate of drug-likeness (QED) is 0.744. The van der Waals surface area contributed by atoms with Crippen LogP contribution in [0.25, 0.3) is 10.8 Å². The van der Waals surface area contributed by atoms with Crippen molar-refractivity contribution in [3.8, 4) is 0 Å². The third-order valence-corrected chi connectivity index (χ3v) is 3.69. The highest BCUT2D eigenvalue weighted by Gasteiger charge is 2.07. The molecule has 0 amide bonds. The van der Waals surface area contributed by atoms with Gasteiger partial charge >= 0.3 is 0 Å². The minimum atomic E-state index is 0.0415. The van der Waals surface area contributed by atoms with E-state index in [1.54, 1.807) is 0 Å². The van der Waals surface area contributed by atoms with E-state index in [-0.39, 0.29) is 6.04 Å². The lowest BCUT2D eigenvalue weighted by Gasteiger charge is -2.12. The molecule has 0 spiro atoms. The van der Waals surface area contributed by atoms with Crippen molar-refractivity contribution < 1.29 is 0 Å². The molecule has 20 heavy (non-hydrogen) atoms. The van der Waals surface area contributed by atoms with Crippen LogP contribution in [-0.4, -0.2) is 0 Å². The number of hydrogen-bond donors (Lipinski definition) is 1. The predicted molar refractivity (Wildman–Crippen MR) is 84.5 cm³/mol. The average molecular weight is 260 g/mol. The summed E-state index contributed by atoms with van der Waals surface area (Å²) in [6.45, 7) is 0. The fourth-order valence-electron chi connectivity index (χ4n) is 2.48. The Bertz CT molecular complexity index is 688. The molecule has 1 atom stereocenters. The molecule has 3 aromatic rings. The molecule has 1 heteroatoms. The van der Waals surface area contributed by atoms with Crippen LogP contribution < -0.4 is 5.73 Å². The molecule has 1 unspecified atom stereocenters. The SMILES string of the molecule is NC(CCc1ccccc1)c1[c]cc2ccccc2c1. The minimum absolute atomic E-state index is 0.0415. The van der Waals surface area contributed by atoms with E-state index >= 15 is 0 Å². The summed E-state index contributed by atoms with van der Waals surface area (Å²) in [5.74, 6) is 0. The van der Waals surface area contributed by atoms with Crippen LogP contribution in [0.15, 0.2) is 66.7 Å². The Hall–Kier alpha value is -2.12. The van der Waals surface area contributed by atoms with Crippen LogP contribution in [0.1, 0.15) is 23.6 Å². The van der Waals surface area contributed by atoms with E-state index in [0.29, 0.717) is 0 Å². The first-order valence-electron chi connectivity index (χ1n) is 7.03. The molecule has 1 radical (unpaired) electrons. The van der Waals surface area contributed by atoms with Crippen molar-refractivity contribution in [1.82, 2.24) is 0 Å². The molecule has 0 saturated heterocycles. The van der Waals surface area contributed by atoms with Gasteiger partial charge in [-0.25, -0.2) is 0 Å². The Balaban J connectivity index is 1.73. The predicted octanol–water partition coefficient (Wildman–Crippen LogP) is 4.27. The van der Waals surface area contributed by atoms with Gasteiger partial charge in [-0.1, -0.05) is 54.6 Å². The van der Waals surface area contributed by atoms with Gasteiger partial charge in [0, 0.05) is 6.04 Å². The van der Waals surface area contributed by atoms with Gasteiger partial charge < -0.3 is 5.73 Å². The monoisotopic (exact) mass is 260 g/mol. The fourth-order valence-corrected chi connectivity index (χ4v) is 2.48. The largest absolute Gasteiger partial charge is 0.324 e. The van der Waals surface area contributed by atoms with E-state index in [1.807, 2.05) is 18.2 Å². The summed E-state index contributed by atoms with van der Waals surface area (Å²) >= 11 is 0. The van der Waals surface area contributed by atoms with Crippen molar-refractivity contribution in [2.24, 2.45) is 5.73 Å². The molecule has 0 aromatic heterocycles. The zero-order valence-electron chi connectivity index (χ0n) is 11.4. The van der Waals surface area contributed by atoms with Gasteiger partial charge in [-0.3, -0.25) is 0 Å². The second-order valence-corrected chi connectivity index (χ2v) is 5.15. The van der Waals surface area contributed by atoms with Crippen molar-refractivity contribution in [1.29, 1.82) is 0 Å². The van der Waals surface area contributed by atoms with Gasteiger partial charge in [0.05, 0.1) is 0 Å². The van der Waals surface area contributed by atoms with E-state index in [4.69, 9.17) is 5.73 Å². The molecule has 0 aliphatic carbocycles. The van der Waals surface area contributed by atoms with Crippen LogP contribution in [-0.2, 0) is 6.42 Å². The van der Waals surface area contributed by atoms with E-state index in [2.05, 4.69) is 54.6 Å². The van der Waals surface area contributed by atoms with Crippen molar-refractivity contribution in [3.63, 3.8) is 0 Å². The Kier molecular flexibility index (Phi) is 3.80. The maximum atomic E-state index is 6.30. The first-order chi connectivity index (χ1) is 9.83. The highest BCUT2D eigenvalue weighted by atomic mass is 14.6. The number of hydrogen-bond acceptors (Lipinski definition) is 1. The van der Waals surface area contributed by atoms with Crippen molar-refractivity contribution in [3.05, 3.63) is 83.9 Å². The molecular weight excluding hydrogens is 242 g/mol. The maximum Gasteiger partial charge on any atom is 0.0304 e. The minimum Gasteiger partial charge on any atom is -0.324 e. The molecule has 0 bridgehead atoms. The third-order valence-electron chi connectivity index (χ3n) is 3.69. The Labute approximate surface area is 120 Å². The highest BCUT2D eigenvalue weighted by molar-refractivity contribution is 5.82. The number of rotatable bonds is 4. The zero-order valence-corrected chi connectivity index (χ0v) is 11.4. The van der Waals surface area contributed by atoms with Gasteiger partial charge in [0.15, 0.2) is 0 Å². The fraction of sp³-hybridized carbons (Fsp3) is 0.158. The van der Waals surface area contributed by atoms with Gasteiger partial charge in [0.1, 0.15) is 0 Å². The lowest BCUT2D eigenvalue weighted by molar-refractivity contribution is 0.651. The second-order valence-electron chi connectivity index (χ2n) is 5.15. The smallest absolute Gasteiger partial charge is 0.0304 e. The van der Waals surface area contributed by atoms with Crippen molar-refractivity contribution >= 4 is 10.8 Å². The molecule has 0 aliphatic rings. The summed E-state index contributed by atoms with van der Waals surface area (Å²) in [5.41, 5.74) is 8.74. The summed E-state index contributed by atoms with van der Waals surface area (Å²) in [6.07, 6.45) is 1.95. The normalized spacial score (nSPS) is 12.4. The highest BCUT2D eigenvalue weighted by Crippen LogP contribution is 2.21. The van der Waals surface area contributed by atoms with Crippen LogP contribution >= 0.6 is 0 Å². The Morgan fingerprint density at radius 3 is 2.40 bits per heavy atom. The van der Waals surface area contributed by atoms with Crippen molar-refractivity contribution in [2.45, 2.75) is 18.9 Å².